The van der Waals surface area contributed by atoms with Gasteiger partial charge in [0.15, 0.2) is 0 Å². The van der Waals surface area contributed by atoms with Gasteiger partial charge in [-0.15, -0.1) is 0 Å². The van der Waals surface area contributed by atoms with Crippen molar-refractivity contribution < 1.29 is 4.79 Å². The van der Waals surface area contributed by atoms with Crippen molar-refractivity contribution >= 4 is 5.91 Å². The topological polar surface area (TPSA) is 38.8 Å². The summed E-state index contributed by atoms with van der Waals surface area (Å²) in [6.07, 6.45) is 5.85. The fourth-order valence-electron chi connectivity index (χ4n) is 4.12. The maximum atomic E-state index is 13.1. The predicted octanol–water partition coefficient (Wildman–Crippen LogP) is 0.615. The van der Waals surface area contributed by atoms with Crippen molar-refractivity contribution in [1.82, 2.24) is 20.0 Å². The second-order valence-corrected chi connectivity index (χ2v) is 7.30. The van der Waals surface area contributed by atoms with Crippen molar-refractivity contribution in [3.8, 4) is 0 Å². The number of carbonyl (C=O) groups excluding carboxylic acids is 1. The predicted molar refractivity (Wildman–Crippen MR) is 88.9 cm³/mol. The lowest BCUT2D eigenvalue weighted by molar-refractivity contribution is -0.139. The molecule has 1 unspecified atom stereocenters. The zero-order valence-electron chi connectivity index (χ0n) is 14.1. The van der Waals surface area contributed by atoms with Crippen molar-refractivity contribution in [3.63, 3.8) is 0 Å². The molecule has 0 aromatic carbocycles. The molecule has 126 valence electrons. The van der Waals surface area contributed by atoms with Crippen molar-refractivity contribution in [3.05, 3.63) is 0 Å². The van der Waals surface area contributed by atoms with Crippen LogP contribution in [0.3, 0.4) is 0 Å². The lowest BCUT2D eigenvalue weighted by Crippen LogP contribution is -2.49. The van der Waals surface area contributed by atoms with E-state index in [-0.39, 0.29) is 5.92 Å². The van der Waals surface area contributed by atoms with Crippen LogP contribution in [0.25, 0.3) is 0 Å². The molecule has 0 radical (unpaired) electrons. The number of piperidine rings is 1. The van der Waals surface area contributed by atoms with Crippen LogP contribution in [0.1, 0.15) is 32.1 Å². The van der Waals surface area contributed by atoms with Gasteiger partial charge in [0.1, 0.15) is 0 Å². The minimum absolute atomic E-state index is 0.260. The summed E-state index contributed by atoms with van der Waals surface area (Å²) in [6.45, 7) is 8.62. The Hall–Kier alpha value is -0.650. The largest absolute Gasteiger partial charge is 0.337 e. The van der Waals surface area contributed by atoms with Crippen LogP contribution in [-0.4, -0.2) is 86.1 Å². The summed E-state index contributed by atoms with van der Waals surface area (Å²) in [4.78, 5) is 20.2. The monoisotopic (exact) mass is 308 g/mol. The zero-order chi connectivity index (χ0) is 15.4. The third kappa shape index (κ3) is 4.00. The highest BCUT2D eigenvalue weighted by Crippen LogP contribution is 2.22. The Morgan fingerprint density at radius 3 is 2.50 bits per heavy atom. The van der Waals surface area contributed by atoms with E-state index in [0.29, 0.717) is 11.9 Å². The summed E-state index contributed by atoms with van der Waals surface area (Å²) in [5.74, 6) is 0.691. The Labute approximate surface area is 135 Å². The molecule has 1 atom stereocenters. The first kappa shape index (κ1) is 16.2. The molecule has 1 amide bonds. The van der Waals surface area contributed by atoms with Gasteiger partial charge in [-0.25, -0.2) is 0 Å². The number of nitrogens with zero attached hydrogens (tertiary/aromatic N) is 3. The van der Waals surface area contributed by atoms with Crippen molar-refractivity contribution in [1.29, 1.82) is 0 Å². The van der Waals surface area contributed by atoms with Crippen LogP contribution in [0.2, 0.25) is 0 Å². The van der Waals surface area contributed by atoms with E-state index < -0.39 is 0 Å². The van der Waals surface area contributed by atoms with Crippen molar-refractivity contribution in [2.24, 2.45) is 5.92 Å². The average Bonchev–Trinajstić information content (AvgIpc) is 3.21. The molecule has 3 rings (SSSR count). The molecule has 3 heterocycles. The van der Waals surface area contributed by atoms with E-state index in [4.69, 9.17) is 0 Å². The van der Waals surface area contributed by atoms with E-state index in [2.05, 4.69) is 27.1 Å². The van der Waals surface area contributed by atoms with Gasteiger partial charge in [0.05, 0.1) is 0 Å². The lowest BCUT2D eigenvalue weighted by atomic mass is 9.94. The third-order valence-electron chi connectivity index (χ3n) is 5.68. The molecule has 3 fully saturated rings. The van der Waals surface area contributed by atoms with Gasteiger partial charge in [-0.3, -0.25) is 4.79 Å². The Morgan fingerprint density at radius 2 is 1.86 bits per heavy atom. The van der Waals surface area contributed by atoms with Crippen LogP contribution in [0.4, 0.5) is 0 Å². The van der Waals surface area contributed by atoms with Crippen LogP contribution in [0.5, 0.6) is 0 Å². The van der Waals surface area contributed by atoms with Gasteiger partial charge >= 0.3 is 0 Å². The summed E-state index contributed by atoms with van der Waals surface area (Å²) in [5.41, 5.74) is 0. The van der Waals surface area contributed by atoms with Gasteiger partial charge < -0.3 is 20.0 Å². The molecule has 5 heteroatoms. The number of carbonyl (C=O) groups is 1. The summed E-state index contributed by atoms with van der Waals surface area (Å²) >= 11 is 0. The van der Waals surface area contributed by atoms with Gasteiger partial charge in [0, 0.05) is 31.6 Å². The standard InChI is InChI=1S/C17H32N4O/c1-19-10-5-15(6-11-19)17(22)21(16-4-7-18-14-16)13-12-20-8-2-3-9-20/h15-16,18H,2-14H2,1H3. The van der Waals surface area contributed by atoms with E-state index >= 15 is 0 Å². The van der Waals surface area contributed by atoms with Gasteiger partial charge in [-0.05, 0) is 71.9 Å². The van der Waals surface area contributed by atoms with Gasteiger partial charge in [-0.1, -0.05) is 0 Å². The molecule has 0 aliphatic carbocycles. The molecule has 22 heavy (non-hydrogen) atoms. The molecule has 0 aromatic rings. The first-order valence-electron chi connectivity index (χ1n) is 9.16. The van der Waals surface area contributed by atoms with E-state index in [1.54, 1.807) is 0 Å². The van der Waals surface area contributed by atoms with Crippen LogP contribution < -0.4 is 5.32 Å². The first-order chi connectivity index (χ1) is 10.7. The quantitative estimate of drug-likeness (QED) is 0.808. The fourth-order valence-corrected chi connectivity index (χ4v) is 4.12. The molecule has 3 aliphatic heterocycles. The summed E-state index contributed by atoms with van der Waals surface area (Å²) in [5, 5.41) is 3.43. The number of rotatable bonds is 5. The Kier molecular flexibility index (Phi) is 5.71. The molecule has 3 saturated heterocycles. The molecule has 0 spiro atoms. The van der Waals surface area contributed by atoms with E-state index in [0.717, 1.165) is 58.5 Å². The van der Waals surface area contributed by atoms with E-state index in [9.17, 15) is 4.79 Å². The molecular weight excluding hydrogens is 276 g/mol. The van der Waals surface area contributed by atoms with Crippen LogP contribution in [-0.2, 0) is 4.79 Å². The second kappa shape index (κ2) is 7.75. The van der Waals surface area contributed by atoms with E-state index in [1.165, 1.54) is 25.9 Å². The van der Waals surface area contributed by atoms with E-state index in [1.807, 2.05) is 0 Å². The second-order valence-electron chi connectivity index (χ2n) is 7.30. The SMILES string of the molecule is CN1CCC(C(=O)N(CCN2CCCC2)C2CCNC2)CC1. The van der Waals surface area contributed by atoms with Crippen LogP contribution in [0, 0.1) is 5.92 Å². The Bertz CT molecular complexity index is 356. The number of hydrogen-bond donors (Lipinski definition) is 1. The smallest absolute Gasteiger partial charge is 0.226 e. The molecular formula is C17H32N4O. The molecule has 5 nitrogen and oxygen atoms in total. The summed E-state index contributed by atoms with van der Waals surface area (Å²) in [6, 6.07) is 0.426. The fraction of sp³-hybridized carbons (Fsp3) is 0.941. The number of likely N-dealkylation sites (tertiary alicyclic amines) is 2. The number of amides is 1. The number of nitrogens with one attached hydrogen (secondary N) is 1. The minimum atomic E-state index is 0.260. The van der Waals surface area contributed by atoms with Crippen LogP contribution in [0.15, 0.2) is 0 Å². The molecule has 1 N–H and O–H groups in total. The lowest BCUT2D eigenvalue weighted by Gasteiger charge is -2.36. The van der Waals surface area contributed by atoms with Gasteiger partial charge in [0.25, 0.3) is 0 Å². The van der Waals surface area contributed by atoms with Gasteiger partial charge in [0.2, 0.25) is 5.91 Å². The highest BCUT2D eigenvalue weighted by molar-refractivity contribution is 5.79. The summed E-state index contributed by atoms with van der Waals surface area (Å²) in [7, 11) is 2.16. The van der Waals surface area contributed by atoms with Crippen molar-refractivity contribution in [2.45, 2.75) is 38.1 Å². The minimum Gasteiger partial charge on any atom is -0.337 e. The number of hydrogen-bond acceptors (Lipinski definition) is 4. The highest BCUT2D eigenvalue weighted by Gasteiger charge is 2.32. The van der Waals surface area contributed by atoms with Gasteiger partial charge in [-0.2, -0.15) is 0 Å². The Morgan fingerprint density at radius 1 is 1.14 bits per heavy atom. The molecule has 0 saturated carbocycles. The maximum Gasteiger partial charge on any atom is 0.226 e. The molecule has 3 aliphatic rings. The highest BCUT2D eigenvalue weighted by atomic mass is 16.2. The maximum absolute atomic E-state index is 13.1. The van der Waals surface area contributed by atoms with Crippen molar-refractivity contribution in [2.75, 3.05) is 59.4 Å². The van der Waals surface area contributed by atoms with Crippen LogP contribution >= 0.6 is 0 Å². The average molecular weight is 308 g/mol. The first-order valence-corrected chi connectivity index (χ1v) is 9.16. The Balaban J connectivity index is 1.57. The third-order valence-corrected chi connectivity index (χ3v) is 5.68. The molecule has 0 bridgehead atoms. The molecule has 0 aromatic heterocycles. The summed E-state index contributed by atoms with van der Waals surface area (Å²) < 4.78 is 0. The normalized spacial score (nSPS) is 28.3. The zero-order valence-corrected chi connectivity index (χ0v) is 14.1.